The first kappa shape index (κ1) is 24.0. The van der Waals surface area contributed by atoms with Gasteiger partial charge < -0.3 is 18.6 Å². The number of aromatic nitrogens is 3. The van der Waals surface area contributed by atoms with E-state index < -0.39 is 5.91 Å². The van der Waals surface area contributed by atoms with Crippen molar-refractivity contribution >= 4 is 28.7 Å². The Bertz CT molecular complexity index is 1320. The maximum atomic E-state index is 12.9. The van der Waals surface area contributed by atoms with E-state index in [0.29, 0.717) is 57.5 Å². The predicted molar refractivity (Wildman–Crippen MR) is 128 cm³/mol. The molecule has 0 saturated heterocycles. The number of hydrogen-bond acceptors (Lipinski definition) is 10. The standard InChI is InChI=1S/C24H22N4O6S/c1-14(13-31-3)32-19-8-17(22(30)26-24-25-11-21(12-29)35-24)9-20(10-19)34-18-6-4-16(5-7-18)23-28-27-15(2)33-23/h4-12,14H,13H2,1-3H3,(H,25,26,30). The van der Waals surface area contributed by atoms with E-state index in [2.05, 4.69) is 20.5 Å². The maximum absolute atomic E-state index is 12.9. The van der Waals surface area contributed by atoms with Crippen molar-refractivity contribution in [3.8, 4) is 28.7 Å². The van der Waals surface area contributed by atoms with E-state index in [1.54, 1.807) is 56.5 Å². The highest BCUT2D eigenvalue weighted by atomic mass is 32.1. The predicted octanol–water partition coefficient (Wildman–Crippen LogP) is 4.77. The number of hydrogen-bond donors (Lipinski definition) is 1. The van der Waals surface area contributed by atoms with Gasteiger partial charge in [-0.1, -0.05) is 11.3 Å². The first-order chi connectivity index (χ1) is 16.9. The Hall–Kier alpha value is -4.09. The highest BCUT2D eigenvalue weighted by Gasteiger charge is 2.15. The molecule has 1 atom stereocenters. The molecule has 0 aliphatic rings. The molecule has 180 valence electrons. The van der Waals surface area contributed by atoms with Crippen LogP contribution in [0.15, 0.2) is 53.1 Å². The number of anilines is 1. The lowest BCUT2D eigenvalue weighted by molar-refractivity contribution is 0.0916. The molecule has 2 aromatic carbocycles. The molecule has 0 aliphatic heterocycles. The number of aryl methyl sites for hydroxylation is 1. The van der Waals surface area contributed by atoms with E-state index in [4.69, 9.17) is 18.6 Å². The summed E-state index contributed by atoms with van der Waals surface area (Å²) in [5.41, 5.74) is 1.05. The van der Waals surface area contributed by atoms with E-state index in [1.807, 2.05) is 6.92 Å². The van der Waals surface area contributed by atoms with Crippen LogP contribution < -0.4 is 14.8 Å². The number of ether oxygens (including phenoxy) is 3. The molecular weight excluding hydrogens is 472 g/mol. The number of carbonyl (C=O) groups is 2. The van der Waals surface area contributed by atoms with E-state index >= 15 is 0 Å². The molecular formula is C24H22N4O6S. The van der Waals surface area contributed by atoms with Crippen LogP contribution >= 0.6 is 11.3 Å². The average Bonchev–Trinajstić information content (AvgIpc) is 3.48. The molecule has 1 N–H and O–H groups in total. The lowest BCUT2D eigenvalue weighted by atomic mass is 10.1. The van der Waals surface area contributed by atoms with Crippen LogP contribution in [0.25, 0.3) is 11.5 Å². The third-order valence-corrected chi connectivity index (χ3v) is 5.44. The van der Waals surface area contributed by atoms with Gasteiger partial charge >= 0.3 is 0 Å². The molecule has 0 spiro atoms. The molecule has 10 nitrogen and oxygen atoms in total. The van der Waals surface area contributed by atoms with Crippen molar-refractivity contribution in [2.75, 3.05) is 19.0 Å². The van der Waals surface area contributed by atoms with Gasteiger partial charge in [-0.05, 0) is 43.3 Å². The maximum Gasteiger partial charge on any atom is 0.257 e. The van der Waals surface area contributed by atoms with Gasteiger partial charge in [0.15, 0.2) is 11.4 Å². The minimum absolute atomic E-state index is 0.252. The number of methoxy groups -OCH3 is 1. The molecule has 2 aromatic heterocycles. The minimum atomic E-state index is -0.423. The summed E-state index contributed by atoms with van der Waals surface area (Å²) >= 11 is 1.08. The number of carbonyl (C=O) groups excluding carboxylic acids is 2. The summed E-state index contributed by atoms with van der Waals surface area (Å²) in [5.74, 6) is 1.83. The van der Waals surface area contributed by atoms with Crippen LogP contribution in [0.3, 0.4) is 0 Å². The second-order valence-electron chi connectivity index (χ2n) is 7.47. The lowest BCUT2D eigenvalue weighted by Crippen LogP contribution is -2.18. The Kier molecular flexibility index (Phi) is 7.48. The summed E-state index contributed by atoms with van der Waals surface area (Å²) in [7, 11) is 1.58. The number of aldehydes is 1. The smallest absolute Gasteiger partial charge is 0.257 e. The highest BCUT2D eigenvalue weighted by Crippen LogP contribution is 2.30. The van der Waals surface area contributed by atoms with Gasteiger partial charge in [-0.25, -0.2) is 4.98 Å². The molecule has 0 saturated carbocycles. The van der Waals surface area contributed by atoms with Crippen molar-refractivity contribution in [3.05, 3.63) is 65.0 Å². The quantitative estimate of drug-likeness (QED) is 0.310. The Labute approximate surface area is 204 Å². The van der Waals surface area contributed by atoms with E-state index in [0.717, 1.165) is 16.9 Å². The van der Waals surface area contributed by atoms with Gasteiger partial charge in [0.05, 0.1) is 17.7 Å². The molecule has 1 unspecified atom stereocenters. The van der Waals surface area contributed by atoms with Crippen LogP contribution in [-0.2, 0) is 4.74 Å². The Morgan fingerprint density at radius 3 is 2.57 bits per heavy atom. The summed E-state index contributed by atoms with van der Waals surface area (Å²) in [6, 6.07) is 12.0. The Morgan fingerprint density at radius 2 is 1.91 bits per heavy atom. The Morgan fingerprint density at radius 1 is 1.14 bits per heavy atom. The van der Waals surface area contributed by atoms with E-state index in [1.165, 1.54) is 6.20 Å². The van der Waals surface area contributed by atoms with Crippen LogP contribution in [0.4, 0.5) is 5.13 Å². The van der Waals surface area contributed by atoms with Crippen LogP contribution in [0, 0.1) is 6.92 Å². The second kappa shape index (κ2) is 10.9. The molecule has 4 aromatic rings. The fraction of sp³-hybridized carbons (Fsp3) is 0.208. The lowest BCUT2D eigenvalue weighted by Gasteiger charge is -2.16. The number of benzene rings is 2. The van der Waals surface area contributed by atoms with Gasteiger partial charge in [0, 0.05) is 31.2 Å². The molecule has 4 rings (SSSR count). The second-order valence-corrected chi connectivity index (χ2v) is 8.53. The molecule has 0 fully saturated rings. The summed E-state index contributed by atoms with van der Waals surface area (Å²) in [5, 5.41) is 10.8. The van der Waals surface area contributed by atoms with Gasteiger partial charge in [-0.3, -0.25) is 14.9 Å². The summed E-state index contributed by atoms with van der Waals surface area (Å²) in [4.78, 5) is 28.2. The average molecular weight is 495 g/mol. The fourth-order valence-corrected chi connectivity index (χ4v) is 3.74. The van der Waals surface area contributed by atoms with Crippen LogP contribution in [0.2, 0.25) is 0 Å². The number of nitrogens with zero attached hydrogens (tertiary/aromatic N) is 3. The van der Waals surface area contributed by atoms with Crippen molar-refractivity contribution < 1.29 is 28.2 Å². The zero-order chi connectivity index (χ0) is 24.8. The third kappa shape index (κ3) is 6.28. The molecule has 1 amide bonds. The molecule has 0 radical (unpaired) electrons. The third-order valence-electron chi connectivity index (χ3n) is 4.60. The van der Waals surface area contributed by atoms with Crippen molar-refractivity contribution in [2.24, 2.45) is 0 Å². The first-order valence-electron chi connectivity index (χ1n) is 10.5. The normalized spacial score (nSPS) is 11.6. The van der Waals surface area contributed by atoms with Crippen molar-refractivity contribution in [3.63, 3.8) is 0 Å². The summed E-state index contributed by atoms with van der Waals surface area (Å²) in [6.07, 6.45) is 1.82. The minimum Gasteiger partial charge on any atom is -0.488 e. The summed E-state index contributed by atoms with van der Waals surface area (Å²) < 4.78 is 22.5. The SMILES string of the molecule is COCC(C)Oc1cc(Oc2ccc(-c3nnc(C)o3)cc2)cc(C(=O)Nc2ncc(C=O)s2)c1. The number of amides is 1. The number of rotatable bonds is 10. The van der Waals surface area contributed by atoms with Gasteiger partial charge in [-0.15, -0.1) is 10.2 Å². The van der Waals surface area contributed by atoms with Crippen LogP contribution in [0.5, 0.6) is 17.2 Å². The highest BCUT2D eigenvalue weighted by molar-refractivity contribution is 7.17. The van der Waals surface area contributed by atoms with Crippen molar-refractivity contribution in [1.29, 1.82) is 0 Å². The number of thiazole rings is 1. The molecule has 35 heavy (non-hydrogen) atoms. The Balaban J connectivity index is 1.57. The molecule has 0 aliphatic carbocycles. The van der Waals surface area contributed by atoms with Crippen LogP contribution in [-0.4, -0.2) is 47.2 Å². The topological polar surface area (TPSA) is 126 Å². The zero-order valence-corrected chi connectivity index (χ0v) is 20.0. The fourth-order valence-electron chi connectivity index (χ4n) is 3.11. The summed E-state index contributed by atoms with van der Waals surface area (Å²) in [6.45, 7) is 3.95. The number of nitrogens with one attached hydrogen (secondary N) is 1. The zero-order valence-electron chi connectivity index (χ0n) is 19.2. The monoisotopic (exact) mass is 494 g/mol. The van der Waals surface area contributed by atoms with Gasteiger partial charge in [-0.2, -0.15) is 0 Å². The van der Waals surface area contributed by atoms with Gasteiger partial charge in [0.25, 0.3) is 5.91 Å². The molecule has 0 bridgehead atoms. The van der Waals surface area contributed by atoms with Crippen LogP contribution in [0.1, 0.15) is 32.8 Å². The van der Waals surface area contributed by atoms with E-state index in [-0.39, 0.29) is 6.10 Å². The first-order valence-corrected chi connectivity index (χ1v) is 11.4. The van der Waals surface area contributed by atoms with Crippen molar-refractivity contribution in [1.82, 2.24) is 15.2 Å². The molecule has 2 heterocycles. The van der Waals surface area contributed by atoms with Gasteiger partial charge in [0.2, 0.25) is 11.8 Å². The molecule has 11 heteroatoms. The van der Waals surface area contributed by atoms with Crippen molar-refractivity contribution in [2.45, 2.75) is 20.0 Å². The largest absolute Gasteiger partial charge is 0.488 e. The van der Waals surface area contributed by atoms with Gasteiger partial charge in [0.1, 0.15) is 23.4 Å². The van der Waals surface area contributed by atoms with E-state index in [9.17, 15) is 9.59 Å².